The van der Waals surface area contributed by atoms with Crippen LogP contribution in [0.15, 0.2) is 67.2 Å². The zero-order valence-corrected chi connectivity index (χ0v) is 15.2. The number of para-hydroxylation sites is 2. The topological polar surface area (TPSA) is 76.4 Å². The van der Waals surface area contributed by atoms with E-state index in [2.05, 4.69) is 17.4 Å². The van der Waals surface area contributed by atoms with E-state index in [-0.39, 0.29) is 18.3 Å². The fraction of sp³-hybridized carbons (Fsp3) is 0.0500. The van der Waals surface area contributed by atoms with Crippen LogP contribution in [0.5, 0.6) is 0 Å². The molecule has 0 atom stereocenters. The van der Waals surface area contributed by atoms with Gasteiger partial charge in [0.05, 0.1) is 21.9 Å². The summed E-state index contributed by atoms with van der Waals surface area (Å²) in [5.74, 6) is -0.540. The molecule has 0 aliphatic rings. The van der Waals surface area contributed by atoms with Crippen LogP contribution in [0, 0.1) is 5.82 Å². The lowest BCUT2D eigenvalue weighted by molar-refractivity contribution is 0.0666. The monoisotopic (exact) mass is 383 g/mol. The van der Waals surface area contributed by atoms with E-state index in [9.17, 15) is 9.18 Å². The minimum atomic E-state index is -0.311. The van der Waals surface area contributed by atoms with Crippen LogP contribution in [-0.2, 0) is 11.4 Å². The summed E-state index contributed by atoms with van der Waals surface area (Å²) in [5, 5.41) is 2.79. The van der Waals surface area contributed by atoms with Gasteiger partial charge >= 0.3 is 0 Å². The lowest BCUT2D eigenvalue weighted by Crippen LogP contribution is -2.12. The molecule has 2 aromatic carbocycles. The summed E-state index contributed by atoms with van der Waals surface area (Å²) in [6.45, 7) is 4.10. The Morgan fingerprint density at radius 2 is 1.85 bits per heavy atom. The number of benzene rings is 2. The number of amides is 1. The van der Waals surface area contributed by atoms with Gasteiger partial charge in [-0.3, -0.25) is 15.1 Å². The van der Waals surface area contributed by atoms with Crippen LogP contribution in [0.4, 0.5) is 15.8 Å². The molecule has 27 heavy (non-hydrogen) atoms. The highest BCUT2D eigenvalue weighted by molar-refractivity contribution is 7.14. The Bertz CT molecular complexity index is 954. The van der Waals surface area contributed by atoms with E-state index in [4.69, 9.17) is 10.6 Å². The van der Waals surface area contributed by atoms with Crippen LogP contribution in [0.25, 0.3) is 5.70 Å². The van der Waals surface area contributed by atoms with Crippen LogP contribution in [0.2, 0.25) is 0 Å². The van der Waals surface area contributed by atoms with Crippen molar-refractivity contribution in [1.29, 1.82) is 0 Å². The lowest BCUT2D eigenvalue weighted by atomic mass is 10.2. The largest absolute Gasteiger partial charge is 0.397 e. The number of hydroxylamine groups is 1. The van der Waals surface area contributed by atoms with Crippen LogP contribution in [0.3, 0.4) is 0 Å². The van der Waals surface area contributed by atoms with Crippen LogP contribution >= 0.6 is 11.3 Å². The van der Waals surface area contributed by atoms with Crippen LogP contribution in [0.1, 0.15) is 20.1 Å². The van der Waals surface area contributed by atoms with E-state index in [1.54, 1.807) is 42.5 Å². The maximum absolute atomic E-state index is 12.9. The van der Waals surface area contributed by atoms with E-state index in [1.807, 2.05) is 6.07 Å². The predicted molar refractivity (Wildman–Crippen MR) is 106 cm³/mol. The van der Waals surface area contributed by atoms with Gasteiger partial charge in [-0.05, 0) is 54.1 Å². The third-order valence-electron chi connectivity index (χ3n) is 3.70. The first kappa shape index (κ1) is 18.6. The zero-order valence-electron chi connectivity index (χ0n) is 14.4. The van der Waals surface area contributed by atoms with Crippen molar-refractivity contribution < 1.29 is 14.0 Å². The second kappa shape index (κ2) is 8.48. The lowest BCUT2D eigenvalue weighted by Gasteiger charge is -2.09. The highest BCUT2D eigenvalue weighted by Crippen LogP contribution is 2.22. The van der Waals surface area contributed by atoms with E-state index in [0.717, 1.165) is 10.4 Å². The zero-order chi connectivity index (χ0) is 19.2. The second-order valence-corrected chi connectivity index (χ2v) is 6.85. The van der Waals surface area contributed by atoms with Crippen molar-refractivity contribution in [2.45, 2.75) is 6.61 Å². The number of hydrogen-bond acceptors (Lipinski definition) is 5. The summed E-state index contributed by atoms with van der Waals surface area (Å²) in [4.78, 5) is 19.1. The number of carbonyl (C=O) groups excluding carboxylic acids is 1. The summed E-state index contributed by atoms with van der Waals surface area (Å²) < 4.78 is 12.9. The van der Waals surface area contributed by atoms with Crippen molar-refractivity contribution >= 4 is 34.3 Å². The Kier molecular flexibility index (Phi) is 5.85. The summed E-state index contributed by atoms with van der Waals surface area (Å²) in [6, 6.07) is 16.5. The van der Waals surface area contributed by atoms with Crippen LogP contribution < -0.4 is 16.5 Å². The summed E-state index contributed by atoms with van der Waals surface area (Å²) in [5.41, 5.74) is 10.9. The van der Waals surface area contributed by atoms with E-state index >= 15 is 0 Å². The highest BCUT2D eigenvalue weighted by atomic mass is 32.1. The first-order valence-electron chi connectivity index (χ1n) is 8.10. The molecular formula is C20H18FN3O2S. The summed E-state index contributed by atoms with van der Waals surface area (Å²) >= 11 is 1.32. The number of anilines is 2. The molecule has 5 nitrogen and oxygen atoms in total. The minimum Gasteiger partial charge on any atom is -0.397 e. The Balaban J connectivity index is 1.52. The molecule has 0 aliphatic carbocycles. The third kappa shape index (κ3) is 4.93. The molecule has 3 rings (SSSR count). The number of nitrogens with two attached hydrogens (primary N) is 1. The Morgan fingerprint density at radius 1 is 1.11 bits per heavy atom. The van der Waals surface area contributed by atoms with Crippen LogP contribution in [-0.4, -0.2) is 5.91 Å². The summed E-state index contributed by atoms with van der Waals surface area (Å²) in [6.07, 6.45) is 0. The van der Waals surface area contributed by atoms with Crippen molar-refractivity contribution in [3.05, 3.63) is 88.4 Å². The molecule has 1 aromatic heterocycles. The molecule has 0 radical (unpaired) electrons. The molecule has 0 unspecified atom stereocenters. The molecular weight excluding hydrogens is 365 g/mol. The SMILES string of the molecule is C=C(NOCc1ccc(C(=O)Nc2ccccc2N)s1)c1ccc(F)cc1. The number of thiophene rings is 1. The molecule has 0 fully saturated rings. The Labute approximate surface area is 160 Å². The molecule has 1 heterocycles. The molecule has 138 valence electrons. The summed E-state index contributed by atoms with van der Waals surface area (Å²) in [7, 11) is 0. The average molecular weight is 383 g/mol. The van der Waals surface area contributed by atoms with Crippen molar-refractivity contribution in [2.24, 2.45) is 0 Å². The average Bonchev–Trinajstić information content (AvgIpc) is 3.13. The van der Waals surface area contributed by atoms with Gasteiger partial charge in [0.1, 0.15) is 12.4 Å². The molecule has 1 amide bonds. The standard InChI is InChI=1S/C20H18FN3O2S/c1-13(14-6-8-15(21)9-7-14)24-26-12-16-10-11-19(27-16)20(25)23-18-5-3-2-4-17(18)22/h2-11,24H,1,12,22H2,(H,23,25). The van der Waals surface area contributed by atoms with E-state index in [0.29, 0.717) is 21.9 Å². The number of carbonyl (C=O) groups is 1. The molecule has 0 bridgehead atoms. The number of halogens is 1. The first-order valence-corrected chi connectivity index (χ1v) is 8.92. The molecule has 0 saturated heterocycles. The Hall–Kier alpha value is -3.16. The van der Waals surface area contributed by atoms with Crippen molar-refractivity contribution in [1.82, 2.24) is 5.48 Å². The highest BCUT2D eigenvalue weighted by Gasteiger charge is 2.11. The molecule has 3 aromatic rings. The van der Waals surface area contributed by atoms with Crippen molar-refractivity contribution in [3.63, 3.8) is 0 Å². The van der Waals surface area contributed by atoms with Gasteiger partial charge in [-0.25, -0.2) is 4.39 Å². The van der Waals surface area contributed by atoms with Gasteiger partial charge in [-0.15, -0.1) is 11.3 Å². The number of nitrogens with one attached hydrogen (secondary N) is 2. The van der Waals surface area contributed by atoms with E-state index in [1.165, 1.54) is 23.5 Å². The number of hydrogen-bond donors (Lipinski definition) is 3. The number of nitrogen functional groups attached to an aromatic ring is 1. The Morgan fingerprint density at radius 3 is 2.59 bits per heavy atom. The maximum Gasteiger partial charge on any atom is 0.265 e. The number of rotatable bonds is 7. The molecule has 0 aliphatic heterocycles. The molecule has 7 heteroatoms. The molecule has 4 N–H and O–H groups in total. The first-order chi connectivity index (χ1) is 13.0. The normalized spacial score (nSPS) is 10.4. The molecule has 0 spiro atoms. The van der Waals surface area contributed by atoms with Gasteiger partial charge < -0.3 is 11.1 Å². The van der Waals surface area contributed by atoms with Gasteiger partial charge in [0.15, 0.2) is 0 Å². The third-order valence-corrected chi connectivity index (χ3v) is 4.75. The molecule has 0 saturated carbocycles. The maximum atomic E-state index is 12.9. The smallest absolute Gasteiger partial charge is 0.265 e. The van der Waals surface area contributed by atoms with Gasteiger partial charge in [-0.2, -0.15) is 0 Å². The second-order valence-electron chi connectivity index (χ2n) is 5.68. The fourth-order valence-electron chi connectivity index (χ4n) is 2.28. The van der Waals surface area contributed by atoms with Gasteiger partial charge in [0, 0.05) is 4.88 Å². The van der Waals surface area contributed by atoms with E-state index < -0.39 is 0 Å². The van der Waals surface area contributed by atoms with Gasteiger partial charge in [0.2, 0.25) is 0 Å². The minimum absolute atomic E-state index is 0.229. The van der Waals surface area contributed by atoms with Gasteiger partial charge in [-0.1, -0.05) is 18.7 Å². The predicted octanol–water partition coefficient (Wildman–Crippen LogP) is 4.41. The van der Waals surface area contributed by atoms with Crippen molar-refractivity contribution in [3.8, 4) is 0 Å². The fourth-order valence-corrected chi connectivity index (χ4v) is 3.09. The quantitative estimate of drug-likeness (QED) is 0.417. The van der Waals surface area contributed by atoms with Gasteiger partial charge in [0.25, 0.3) is 5.91 Å². The van der Waals surface area contributed by atoms with Crippen molar-refractivity contribution in [2.75, 3.05) is 11.1 Å².